The van der Waals surface area contributed by atoms with E-state index in [0.29, 0.717) is 10.6 Å². The lowest BCUT2D eigenvalue weighted by atomic mass is 10.1. The average Bonchev–Trinajstić information content (AvgIpc) is 2.40. The molecule has 0 radical (unpaired) electrons. The SMILES string of the molecule is CCN(c1ccccc1)c1ccc(C(=N)N)c(Cl)c1. The van der Waals surface area contributed by atoms with Crippen molar-refractivity contribution in [3.8, 4) is 0 Å². The molecule has 0 spiro atoms. The predicted octanol–water partition coefficient (Wildman–Crippen LogP) is 3.78. The van der Waals surface area contributed by atoms with Crippen molar-refractivity contribution in [3.63, 3.8) is 0 Å². The zero-order valence-electron chi connectivity index (χ0n) is 10.7. The smallest absolute Gasteiger partial charge is 0.124 e. The average molecular weight is 274 g/mol. The molecule has 2 aromatic carbocycles. The van der Waals surface area contributed by atoms with Gasteiger partial charge in [-0.3, -0.25) is 5.41 Å². The lowest BCUT2D eigenvalue weighted by Gasteiger charge is -2.23. The van der Waals surface area contributed by atoms with E-state index in [1.807, 2.05) is 30.3 Å². The summed E-state index contributed by atoms with van der Waals surface area (Å²) < 4.78 is 0. The van der Waals surface area contributed by atoms with Gasteiger partial charge in [-0.25, -0.2) is 0 Å². The lowest BCUT2D eigenvalue weighted by molar-refractivity contribution is 1.02. The fraction of sp³-hybridized carbons (Fsp3) is 0.133. The summed E-state index contributed by atoms with van der Waals surface area (Å²) in [6, 6.07) is 15.7. The number of rotatable bonds is 4. The predicted molar refractivity (Wildman–Crippen MR) is 81.6 cm³/mol. The topological polar surface area (TPSA) is 53.1 Å². The summed E-state index contributed by atoms with van der Waals surface area (Å²) in [6.07, 6.45) is 0. The van der Waals surface area contributed by atoms with Crippen LogP contribution < -0.4 is 10.6 Å². The highest BCUT2D eigenvalue weighted by molar-refractivity contribution is 6.34. The maximum atomic E-state index is 7.44. The molecule has 0 aliphatic carbocycles. The largest absolute Gasteiger partial charge is 0.384 e. The molecule has 2 aromatic rings. The number of hydrogen-bond donors (Lipinski definition) is 2. The molecule has 0 saturated carbocycles. The summed E-state index contributed by atoms with van der Waals surface area (Å²) in [5.41, 5.74) is 8.13. The molecular formula is C15H16ClN3. The van der Waals surface area contributed by atoms with E-state index in [2.05, 4.69) is 24.0 Å². The van der Waals surface area contributed by atoms with Crippen molar-refractivity contribution in [1.29, 1.82) is 5.41 Å². The maximum absolute atomic E-state index is 7.44. The minimum absolute atomic E-state index is 0.0145. The maximum Gasteiger partial charge on any atom is 0.124 e. The quantitative estimate of drug-likeness (QED) is 0.658. The molecule has 0 unspecified atom stereocenters. The van der Waals surface area contributed by atoms with Crippen LogP contribution in [0, 0.1) is 5.41 Å². The van der Waals surface area contributed by atoms with Crippen LogP contribution in [0.15, 0.2) is 48.5 Å². The van der Waals surface area contributed by atoms with Gasteiger partial charge in [0.1, 0.15) is 5.84 Å². The molecule has 0 heterocycles. The molecule has 0 atom stereocenters. The van der Waals surface area contributed by atoms with Crippen LogP contribution in [0.3, 0.4) is 0 Å². The zero-order chi connectivity index (χ0) is 13.8. The molecular weight excluding hydrogens is 258 g/mol. The molecule has 3 N–H and O–H groups in total. The van der Waals surface area contributed by atoms with Gasteiger partial charge in [-0.1, -0.05) is 29.8 Å². The molecule has 98 valence electrons. The zero-order valence-corrected chi connectivity index (χ0v) is 11.5. The second-order valence-corrected chi connectivity index (χ2v) is 4.56. The minimum Gasteiger partial charge on any atom is -0.384 e. The Hall–Kier alpha value is -2.00. The van der Waals surface area contributed by atoms with Gasteiger partial charge in [0, 0.05) is 23.5 Å². The Morgan fingerprint density at radius 3 is 2.37 bits per heavy atom. The van der Waals surface area contributed by atoms with Crippen LogP contribution in [-0.2, 0) is 0 Å². The van der Waals surface area contributed by atoms with Crippen LogP contribution in [0.1, 0.15) is 12.5 Å². The third kappa shape index (κ3) is 2.88. The molecule has 3 nitrogen and oxygen atoms in total. The molecule has 0 bridgehead atoms. The Kier molecular flexibility index (Phi) is 4.07. The number of anilines is 2. The van der Waals surface area contributed by atoms with Gasteiger partial charge >= 0.3 is 0 Å². The molecule has 2 rings (SSSR count). The van der Waals surface area contributed by atoms with Gasteiger partial charge < -0.3 is 10.6 Å². The van der Waals surface area contributed by atoms with Crippen molar-refractivity contribution in [2.75, 3.05) is 11.4 Å². The van der Waals surface area contributed by atoms with E-state index in [-0.39, 0.29) is 5.84 Å². The van der Waals surface area contributed by atoms with Crippen molar-refractivity contribution >= 4 is 28.8 Å². The number of para-hydroxylation sites is 1. The van der Waals surface area contributed by atoms with Gasteiger partial charge in [-0.15, -0.1) is 0 Å². The highest BCUT2D eigenvalue weighted by atomic mass is 35.5. The Morgan fingerprint density at radius 2 is 1.84 bits per heavy atom. The minimum atomic E-state index is -0.0145. The van der Waals surface area contributed by atoms with Crippen molar-refractivity contribution in [2.45, 2.75) is 6.92 Å². The van der Waals surface area contributed by atoms with Crippen LogP contribution >= 0.6 is 11.6 Å². The number of hydrogen-bond acceptors (Lipinski definition) is 2. The van der Waals surface area contributed by atoms with E-state index in [4.69, 9.17) is 22.7 Å². The molecule has 0 aliphatic rings. The summed E-state index contributed by atoms with van der Waals surface area (Å²) in [6.45, 7) is 2.92. The van der Waals surface area contributed by atoms with Gasteiger partial charge in [0.15, 0.2) is 0 Å². The Morgan fingerprint density at radius 1 is 1.16 bits per heavy atom. The Balaban J connectivity index is 2.40. The highest BCUT2D eigenvalue weighted by Gasteiger charge is 2.10. The molecule has 4 heteroatoms. The van der Waals surface area contributed by atoms with E-state index >= 15 is 0 Å². The molecule has 0 fully saturated rings. The van der Waals surface area contributed by atoms with Crippen LogP contribution in [0.4, 0.5) is 11.4 Å². The van der Waals surface area contributed by atoms with Crippen molar-refractivity contribution in [2.24, 2.45) is 5.73 Å². The van der Waals surface area contributed by atoms with Gasteiger partial charge in [0.05, 0.1) is 5.02 Å². The standard InChI is InChI=1S/C15H16ClN3/c1-2-19(11-6-4-3-5-7-11)12-8-9-13(15(17)18)14(16)10-12/h3-10H,2H2,1H3,(H3,17,18). The van der Waals surface area contributed by atoms with Crippen molar-refractivity contribution in [1.82, 2.24) is 0 Å². The Bertz CT molecular complexity index is 581. The molecule has 0 amide bonds. The first-order valence-corrected chi connectivity index (χ1v) is 6.47. The van der Waals surface area contributed by atoms with Crippen LogP contribution in [0.25, 0.3) is 0 Å². The normalized spacial score (nSPS) is 10.2. The number of halogens is 1. The summed E-state index contributed by atoms with van der Waals surface area (Å²) in [5.74, 6) is -0.0145. The monoisotopic (exact) mass is 273 g/mol. The first-order chi connectivity index (χ1) is 9.13. The molecule has 19 heavy (non-hydrogen) atoms. The van der Waals surface area contributed by atoms with Crippen LogP contribution in [-0.4, -0.2) is 12.4 Å². The molecule has 0 aliphatic heterocycles. The van der Waals surface area contributed by atoms with E-state index in [0.717, 1.165) is 17.9 Å². The van der Waals surface area contributed by atoms with Gasteiger partial charge in [0.25, 0.3) is 0 Å². The fourth-order valence-corrected chi connectivity index (χ4v) is 2.29. The number of amidine groups is 1. The first kappa shape index (κ1) is 13.4. The summed E-state index contributed by atoms with van der Waals surface area (Å²) in [4.78, 5) is 2.15. The van der Waals surface area contributed by atoms with E-state index in [1.54, 1.807) is 6.07 Å². The number of nitrogens with zero attached hydrogens (tertiary/aromatic N) is 1. The summed E-state index contributed by atoms with van der Waals surface area (Å²) in [5, 5.41) is 7.94. The third-order valence-corrected chi connectivity index (χ3v) is 3.25. The van der Waals surface area contributed by atoms with Crippen molar-refractivity contribution in [3.05, 3.63) is 59.1 Å². The van der Waals surface area contributed by atoms with E-state index in [9.17, 15) is 0 Å². The molecule has 0 aromatic heterocycles. The Labute approximate surface area is 118 Å². The number of nitrogen functional groups attached to an aromatic ring is 1. The summed E-state index contributed by atoms with van der Waals surface area (Å²) in [7, 11) is 0. The van der Waals surface area contributed by atoms with E-state index in [1.165, 1.54) is 0 Å². The number of nitrogens with two attached hydrogens (primary N) is 1. The van der Waals surface area contributed by atoms with E-state index < -0.39 is 0 Å². The van der Waals surface area contributed by atoms with Gasteiger partial charge in [-0.05, 0) is 37.3 Å². The molecule has 0 saturated heterocycles. The van der Waals surface area contributed by atoms with Crippen LogP contribution in [0.2, 0.25) is 5.02 Å². The number of nitrogens with one attached hydrogen (secondary N) is 1. The lowest BCUT2D eigenvalue weighted by Crippen LogP contribution is -2.17. The second-order valence-electron chi connectivity index (χ2n) is 4.16. The third-order valence-electron chi connectivity index (χ3n) is 2.94. The van der Waals surface area contributed by atoms with Crippen molar-refractivity contribution < 1.29 is 0 Å². The number of benzene rings is 2. The van der Waals surface area contributed by atoms with Crippen LogP contribution in [0.5, 0.6) is 0 Å². The van der Waals surface area contributed by atoms with Gasteiger partial charge in [-0.2, -0.15) is 0 Å². The van der Waals surface area contributed by atoms with Gasteiger partial charge in [0.2, 0.25) is 0 Å². The summed E-state index contributed by atoms with van der Waals surface area (Å²) >= 11 is 6.17. The first-order valence-electron chi connectivity index (χ1n) is 6.10. The highest BCUT2D eigenvalue weighted by Crippen LogP contribution is 2.28. The fourth-order valence-electron chi connectivity index (χ4n) is 2.01. The second kappa shape index (κ2) is 5.76.